The number of amides is 1. The maximum Gasteiger partial charge on any atom is 0.303 e. The van der Waals surface area contributed by atoms with Gasteiger partial charge in [0, 0.05) is 57.0 Å². The van der Waals surface area contributed by atoms with Crippen LogP contribution >= 0.6 is 0 Å². The van der Waals surface area contributed by atoms with Crippen LogP contribution in [0.2, 0.25) is 0 Å². The molecule has 1 aliphatic rings. The summed E-state index contributed by atoms with van der Waals surface area (Å²) in [7, 11) is 0. The van der Waals surface area contributed by atoms with Gasteiger partial charge in [0.25, 0.3) is 0 Å². The van der Waals surface area contributed by atoms with Crippen molar-refractivity contribution >= 4 is 17.7 Å². The number of carboxylic acids is 1. The highest BCUT2D eigenvalue weighted by Gasteiger charge is 2.10. The van der Waals surface area contributed by atoms with Crippen LogP contribution in [0.1, 0.15) is 102 Å². The van der Waals surface area contributed by atoms with Gasteiger partial charge < -0.3 is 25.2 Å². The van der Waals surface area contributed by atoms with Crippen molar-refractivity contribution in [2.24, 2.45) is 0 Å². The number of hydrogen-bond acceptors (Lipinski definition) is 8. The van der Waals surface area contributed by atoms with Gasteiger partial charge in [0.1, 0.15) is 11.6 Å². The first kappa shape index (κ1) is 37.9. The number of rotatable bonds is 20. The molecular weight excluding hydrogens is 546 g/mol. The smallest absolute Gasteiger partial charge is 0.303 e. The summed E-state index contributed by atoms with van der Waals surface area (Å²) in [5.74, 6) is 1.09. The Bertz CT molecular complexity index is 977. The van der Waals surface area contributed by atoms with E-state index in [4.69, 9.17) is 19.6 Å². The summed E-state index contributed by atoms with van der Waals surface area (Å²) in [6.07, 6.45) is 15.6. The zero-order valence-electron chi connectivity index (χ0n) is 26.7. The second kappa shape index (κ2) is 26.5. The standard InChI is InChI=1S/C17H26N2O2.C14H23N3O3.C2H6/c20-16(21)10-6-4-2-1-3-5-9-15-12-11-14-8-7-13-18-17(14)19-15;1-2-9-19-11-12-20-10-8-17-14(18)5-4-13-15-6-3-7-16-13;1-2/h11-12H,1-10,13H2,(H,18,19)(H,20,21);3,6-7H,2,4-5,8-12H2,1H3,(H,17,18);1-2H3. The monoisotopic (exact) mass is 601 g/mol. The first-order chi connectivity index (χ1) is 21.1. The molecule has 0 bridgehead atoms. The van der Waals surface area contributed by atoms with E-state index in [1.807, 2.05) is 13.8 Å². The molecule has 0 unspecified atom stereocenters. The third kappa shape index (κ3) is 20.4. The van der Waals surface area contributed by atoms with Crippen LogP contribution < -0.4 is 10.6 Å². The minimum Gasteiger partial charge on any atom is -0.481 e. The van der Waals surface area contributed by atoms with Gasteiger partial charge >= 0.3 is 5.97 Å². The molecule has 1 aliphatic heterocycles. The van der Waals surface area contributed by atoms with E-state index in [0.29, 0.717) is 51.5 Å². The number of aliphatic carboxylic acids is 1. The van der Waals surface area contributed by atoms with Gasteiger partial charge in [-0.3, -0.25) is 9.59 Å². The molecule has 0 saturated heterocycles. The highest BCUT2D eigenvalue weighted by Crippen LogP contribution is 2.20. The van der Waals surface area contributed by atoms with E-state index >= 15 is 0 Å². The second-order valence-corrected chi connectivity index (χ2v) is 10.1. The average molecular weight is 602 g/mol. The molecule has 3 rings (SSSR count). The Hall–Kier alpha value is -3.11. The van der Waals surface area contributed by atoms with E-state index in [1.165, 1.54) is 36.9 Å². The van der Waals surface area contributed by atoms with E-state index in [-0.39, 0.29) is 5.91 Å². The molecule has 2 aromatic heterocycles. The summed E-state index contributed by atoms with van der Waals surface area (Å²) < 4.78 is 10.6. The lowest BCUT2D eigenvalue weighted by Gasteiger charge is -2.17. The van der Waals surface area contributed by atoms with Crippen molar-refractivity contribution in [3.63, 3.8) is 0 Å². The minimum absolute atomic E-state index is 0.0108. The molecule has 3 N–H and O–H groups in total. The number of hydrogen-bond donors (Lipinski definition) is 3. The van der Waals surface area contributed by atoms with E-state index < -0.39 is 5.97 Å². The second-order valence-electron chi connectivity index (χ2n) is 10.1. The zero-order chi connectivity index (χ0) is 31.4. The Morgan fingerprint density at radius 2 is 1.60 bits per heavy atom. The molecule has 0 spiro atoms. The Morgan fingerprint density at radius 1 is 0.907 bits per heavy atom. The van der Waals surface area contributed by atoms with Gasteiger partial charge in [-0.25, -0.2) is 15.0 Å². The largest absolute Gasteiger partial charge is 0.481 e. The molecule has 43 heavy (non-hydrogen) atoms. The number of nitrogens with zero attached hydrogens (tertiary/aromatic N) is 3. The van der Waals surface area contributed by atoms with Gasteiger partial charge in [0.15, 0.2) is 0 Å². The summed E-state index contributed by atoms with van der Waals surface area (Å²) in [4.78, 5) is 34.8. The van der Waals surface area contributed by atoms with Crippen LogP contribution in [0, 0.1) is 0 Å². The number of ether oxygens (including phenoxy) is 2. The molecule has 0 atom stereocenters. The lowest BCUT2D eigenvalue weighted by atomic mass is 10.0. The third-order valence-electron chi connectivity index (χ3n) is 6.51. The Morgan fingerprint density at radius 3 is 2.33 bits per heavy atom. The van der Waals surface area contributed by atoms with Crippen LogP contribution in [0.15, 0.2) is 30.6 Å². The summed E-state index contributed by atoms with van der Waals surface area (Å²) in [6, 6.07) is 6.14. The highest BCUT2D eigenvalue weighted by molar-refractivity contribution is 5.76. The average Bonchev–Trinajstić information content (AvgIpc) is 3.04. The van der Waals surface area contributed by atoms with Crippen LogP contribution in [0.5, 0.6) is 0 Å². The predicted octanol–water partition coefficient (Wildman–Crippen LogP) is 5.79. The molecule has 10 nitrogen and oxygen atoms in total. The number of carboxylic acid groups (broad SMARTS) is 1. The molecular formula is C33H55N5O5. The first-order valence-corrected chi connectivity index (χ1v) is 16.2. The van der Waals surface area contributed by atoms with Gasteiger partial charge in [-0.1, -0.05) is 52.5 Å². The van der Waals surface area contributed by atoms with Crippen LogP contribution in [0.4, 0.5) is 5.82 Å². The van der Waals surface area contributed by atoms with E-state index in [9.17, 15) is 9.59 Å². The zero-order valence-corrected chi connectivity index (χ0v) is 26.7. The number of carbonyl (C=O) groups is 2. The van der Waals surface area contributed by atoms with E-state index in [2.05, 4.69) is 39.7 Å². The number of aryl methyl sites for hydroxylation is 3. The van der Waals surface area contributed by atoms with Gasteiger partial charge in [-0.2, -0.15) is 0 Å². The van der Waals surface area contributed by atoms with Crippen molar-refractivity contribution < 1.29 is 24.2 Å². The molecule has 1 amide bonds. The normalized spacial score (nSPS) is 11.6. The topological polar surface area (TPSA) is 136 Å². The van der Waals surface area contributed by atoms with Gasteiger partial charge in [0.2, 0.25) is 5.91 Å². The Kier molecular flexibility index (Phi) is 23.4. The maximum atomic E-state index is 11.5. The SMILES string of the molecule is CC.CCCOCCOCCNC(=O)CCc1ncccn1.O=C(O)CCCCCCCCc1ccc2c(n1)NCCC2. The van der Waals surface area contributed by atoms with Gasteiger partial charge in [-0.05, 0) is 56.2 Å². The van der Waals surface area contributed by atoms with Crippen LogP contribution in [-0.2, 0) is 38.3 Å². The molecule has 0 aliphatic carbocycles. The van der Waals surface area contributed by atoms with Crippen LogP contribution in [0.3, 0.4) is 0 Å². The van der Waals surface area contributed by atoms with Crippen LogP contribution in [0.25, 0.3) is 0 Å². The summed E-state index contributed by atoms with van der Waals surface area (Å²) in [5.41, 5.74) is 2.54. The first-order valence-electron chi connectivity index (χ1n) is 16.2. The van der Waals surface area contributed by atoms with Crippen molar-refractivity contribution in [1.29, 1.82) is 0 Å². The highest BCUT2D eigenvalue weighted by atomic mass is 16.5. The van der Waals surface area contributed by atoms with E-state index in [0.717, 1.165) is 57.5 Å². The molecule has 2 aromatic rings. The summed E-state index contributed by atoms with van der Waals surface area (Å²) in [6.45, 7) is 10.1. The van der Waals surface area contributed by atoms with Crippen molar-refractivity contribution in [2.45, 2.75) is 104 Å². The molecule has 0 fully saturated rings. The minimum atomic E-state index is -0.679. The quantitative estimate of drug-likeness (QED) is 0.161. The fourth-order valence-electron chi connectivity index (χ4n) is 4.30. The van der Waals surface area contributed by atoms with Gasteiger partial charge in [-0.15, -0.1) is 0 Å². The van der Waals surface area contributed by atoms with Crippen molar-refractivity contribution in [3.05, 3.63) is 47.7 Å². The number of nitrogens with one attached hydrogen (secondary N) is 2. The Balaban J connectivity index is 0.000000407. The number of aromatic nitrogens is 3. The predicted molar refractivity (Wildman–Crippen MR) is 171 cm³/mol. The molecule has 0 saturated carbocycles. The third-order valence-corrected chi connectivity index (χ3v) is 6.51. The lowest BCUT2D eigenvalue weighted by Crippen LogP contribution is -2.28. The fourth-order valence-corrected chi connectivity index (χ4v) is 4.30. The van der Waals surface area contributed by atoms with E-state index in [1.54, 1.807) is 18.5 Å². The number of pyridine rings is 1. The van der Waals surface area contributed by atoms with Crippen molar-refractivity contribution in [3.8, 4) is 0 Å². The number of carbonyl (C=O) groups excluding carboxylic acids is 1. The Labute approximate surface area is 258 Å². The fraction of sp³-hybridized carbons (Fsp3) is 0.667. The maximum absolute atomic E-state index is 11.5. The summed E-state index contributed by atoms with van der Waals surface area (Å²) >= 11 is 0. The molecule has 0 radical (unpaired) electrons. The molecule has 0 aromatic carbocycles. The molecule has 10 heteroatoms. The number of unbranched alkanes of at least 4 members (excludes halogenated alkanes) is 5. The molecule has 3 heterocycles. The summed E-state index contributed by atoms with van der Waals surface area (Å²) in [5, 5.41) is 14.7. The van der Waals surface area contributed by atoms with Crippen LogP contribution in [-0.4, -0.2) is 71.5 Å². The number of fused-ring (bicyclic) bond motifs is 1. The van der Waals surface area contributed by atoms with Crippen molar-refractivity contribution in [1.82, 2.24) is 20.3 Å². The molecule has 242 valence electrons. The number of anilines is 1. The lowest BCUT2D eigenvalue weighted by molar-refractivity contribution is -0.137. The van der Waals surface area contributed by atoms with Crippen molar-refractivity contribution in [2.75, 3.05) is 44.8 Å². The van der Waals surface area contributed by atoms with Gasteiger partial charge in [0.05, 0.1) is 19.8 Å².